The smallest absolute Gasteiger partial charge is 0.330 e. The van der Waals surface area contributed by atoms with E-state index < -0.39 is 5.97 Å². The summed E-state index contributed by atoms with van der Waals surface area (Å²) in [7, 11) is 1.35. The first kappa shape index (κ1) is 15.4. The molecule has 0 aromatic carbocycles. The molecule has 0 aromatic rings. The number of hydrogen-bond acceptors (Lipinski definition) is 3. The van der Waals surface area contributed by atoms with Crippen molar-refractivity contribution in [3.63, 3.8) is 0 Å². The Kier molecular flexibility index (Phi) is 14.0. The predicted molar refractivity (Wildman–Crippen MR) is 66.0 cm³/mol. The first-order valence-corrected chi connectivity index (χ1v) is 5.42. The lowest BCUT2D eigenvalue weighted by Gasteiger charge is -1.84. The van der Waals surface area contributed by atoms with Gasteiger partial charge in [-0.25, -0.2) is 9.59 Å². The van der Waals surface area contributed by atoms with Crippen LogP contribution in [0.3, 0.4) is 0 Å². The Bertz CT molecular complexity index is 211. The molecule has 0 atom stereocenters. The third-order valence-corrected chi connectivity index (χ3v) is 1.32. The molecule has 0 bridgehead atoms. The van der Waals surface area contributed by atoms with Crippen molar-refractivity contribution in [2.45, 2.75) is 0 Å². The molecule has 74 valence electrons. The SMILES string of the molecule is COC(=O)/C=C/I.O=C(O)/C=C/I. The van der Waals surface area contributed by atoms with Crippen LogP contribution in [0, 0.1) is 0 Å². The average molecular weight is 410 g/mol. The molecule has 0 saturated heterocycles. The number of carbonyl (C=O) groups is 2. The Hall–Kier alpha value is -0.120. The van der Waals surface area contributed by atoms with E-state index in [4.69, 9.17) is 5.11 Å². The summed E-state index contributed by atoms with van der Waals surface area (Å²) in [6.45, 7) is 0. The molecule has 6 heteroatoms. The minimum Gasteiger partial charge on any atom is -0.478 e. The van der Waals surface area contributed by atoms with Gasteiger partial charge in [0.05, 0.1) is 7.11 Å². The Labute approximate surface area is 103 Å². The quantitative estimate of drug-likeness (QED) is 0.431. The van der Waals surface area contributed by atoms with Gasteiger partial charge in [0.2, 0.25) is 0 Å². The highest BCUT2D eigenvalue weighted by atomic mass is 127. The molecule has 0 saturated carbocycles. The van der Waals surface area contributed by atoms with Gasteiger partial charge >= 0.3 is 11.9 Å². The number of esters is 1. The number of rotatable bonds is 2. The molecule has 0 heterocycles. The molecular formula is C7H8I2O4. The average Bonchev–Trinajstić information content (AvgIpc) is 2.05. The molecule has 0 aromatic heterocycles. The second kappa shape index (κ2) is 11.9. The third kappa shape index (κ3) is 18.7. The summed E-state index contributed by atoms with van der Waals surface area (Å²) in [6, 6.07) is 0. The summed E-state index contributed by atoms with van der Waals surface area (Å²) in [5.74, 6) is -1.21. The first-order valence-electron chi connectivity index (χ1n) is 2.92. The van der Waals surface area contributed by atoms with Crippen LogP contribution in [0.2, 0.25) is 0 Å². The van der Waals surface area contributed by atoms with E-state index in [-0.39, 0.29) is 5.97 Å². The van der Waals surface area contributed by atoms with Crippen molar-refractivity contribution in [3.8, 4) is 0 Å². The molecule has 0 spiro atoms. The summed E-state index contributed by atoms with van der Waals surface area (Å²) >= 11 is 3.79. The number of carbonyl (C=O) groups excluding carboxylic acids is 1. The summed E-state index contributed by atoms with van der Waals surface area (Å²) in [5.41, 5.74) is 0. The van der Waals surface area contributed by atoms with Gasteiger partial charge in [0.25, 0.3) is 0 Å². The van der Waals surface area contributed by atoms with Gasteiger partial charge in [0.1, 0.15) is 0 Å². The van der Waals surface area contributed by atoms with Gasteiger partial charge < -0.3 is 9.84 Å². The maximum absolute atomic E-state index is 10.1. The topological polar surface area (TPSA) is 63.6 Å². The molecule has 0 unspecified atom stereocenters. The lowest BCUT2D eigenvalue weighted by atomic mass is 10.7. The van der Waals surface area contributed by atoms with E-state index in [2.05, 4.69) is 4.74 Å². The molecule has 0 aliphatic heterocycles. The summed E-state index contributed by atoms with van der Waals surface area (Å²) in [5, 5.41) is 7.82. The van der Waals surface area contributed by atoms with Crippen LogP contribution in [0.15, 0.2) is 20.3 Å². The highest BCUT2D eigenvalue weighted by molar-refractivity contribution is 14.1. The van der Waals surface area contributed by atoms with Crippen molar-refractivity contribution < 1.29 is 19.4 Å². The van der Waals surface area contributed by atoms with Crippen LogP contribution in [0.25, 0.3) is 0 Å². The monoisotopic (exact) mass is 410 g/mol. The fourth-order valence-electron chi connectivity index (χ4n) is 0.173. The van der Waals surface area contributed by atoms with Gasteiger partial charge in [-0.15, -0.1) is 0 Å². The van der Waals surface area contributed by atoms with Crippen LogP contribution in [0.1, 0.15) is 0 Å². The van der Waals surface area contributed by atoms with E-state index in [0.29, 0.717) is 0 Å². The van der Waals surface area contributed by atoms with Gasteiger partial charge in [-0.05, 0) is 8.17 Å². The minimum absolute atomic E-state index is 0.311. The van der Waals surface area contributed by atoms with Crippen LogP contribution in [0.5, 0.6) is 0 Å². The van der Waals surface area contributed by atoms with Crippen molar-refractivity contribution in [3.05, 3.63) is 20.3 Å². The molecular weight excluding hydrogens is 402 g/mol. The number of hydrogen-bond donors (Lipinski definition) is 1. The second-order valence-corrected chi connectivity index (χ2v) is 2.89. The maximum Gasteiger partial charge on any atom is 0.330 e. The lowest BCUT2D eigenvalue weighted by Crippen LogP contribution is -1.91. The number of carboxylic acids is 1. The van der Waals surface area contributed by atoms with Gasteiger partial charge in [-0.1, -0.05) is 45.2 Å². The Morgan fingerprint density at radius 2 is 1.69 bits per heavy atom. The number of methoxy groups -OCH3 is 1. The third-order valence-electron chi connectivity index (χ3n) is 0.606. The maximum atomic E-state index is 10.1. The normalized spacial score (nSPS) is 9.46. The van der Waals surface area contributed by atoms with Gasteiger partial charge in [-0.2, -0.15) is 0 Å². The Morgan fingerprint density at radius 1 is 1.23 bits per heavy atom. The zero-order valence-electron chi connectivity index (χ0n) is 6.74. The van der Waals surface area contributed by atoms with E-state index in [1.807, 2.05) is 45.2 Å². The molecule has 1 N–H and O–H groups in total. The number of carboxylic acid groups (broad SMARTS) is 1. The van der Waals surface area contributed by atoms with E-state index in [9.17, 15) is 9.59 Å². The summed E-state index contributed by atoms with van der Waals surface area (Å²) < 4.78 is 7.31. The zero-order valence-corrected chi connectivity index (χ0v) is 11.1. The number of halogens is 2. The fraction of sp³-hybridized carbons (Fsp3) is 0.143. The number of ether oxygens (including phenoxy) is 1. The molecule has 0 rings (SSSR count). The van der Waals surface area contributed by atoms with Crippen molar-refractivity contribution in [1.82, 2.24) is 0 Å². The van der Waals surface area contributed by atoms with Crippen molar-refractivity contribution >= 4 is 57.1 Å². The highest BCUT2D eigenvalue weighted by Gasteiger charge is 1.84. The fourth-order valence-corrected chi connectivity index (χ4v) is 0.775. The van der Waals surface area contributed by atoms with Gasteiger partial charge in [0.15, 0.2) is 0 Å². The van der Waals surface area contributed by atoms with E-state index in [0.717, 1.165) is 6.08 Å². The molecule has 0 aliphatic carbocycles. The van der Waals surface area contributed by atoms with E-state index in [1.54, 1.807) is 4.08 Å². The predicted octanol–water partition coefficient (Wildman–Crippen LogP) is 2.13. The molecule has 4 nitrogen and oxygen atoms in total. The van der Waals surface area contributed by atoms with Gasteiger partial charge in [-0.3, -0.25) is 0 Å². The first-order chi connectivity index (χ1) is 6.08. The Morgan fingerprint density at radius 3 is 1.77 bits per heavy atom. The van der Waals surface area contributed by atoms with Gasteiger partial charge in [0, 0.05) is 12.2 Å². The van der Waals surface area contributed by atoms with Crippen LogP contribution in [0.4, 0.5) is 0 Å². The molecule has 0 radical (unpaired) electrons. The summed E-state index contributed by atoms with van der Waals surface area (Å²) in [6.07, 6.45) is 2.42. The highest BCUT2D eigenvalue weighted by Crippen LogP contribution is 1.84. The molecule has 13 heavy (non-hydrogen) atoms. The Balaban J connectivity index is 0. The van der Waals surface area contributed by atoms with E-state index >= 15 is 0 Å². The number of aliphatic carboxylic acids is 1. The summed E-state index contributed by atoms with van der Waals surface area (Å²) in [4.78, 5) is 19.6. The molecule has 0 fully saturated rings. The largest absolute Gasteiger partial charge is 0.478 e. The van der Waals surface area contributed by atoms with Crippen molar-refractivity contribution in [2.75, 3.05) is 7.11 Å². The second-order valence-electron chi connectivity index (χ2n) is 1.45. The zero-order chi connectivity index (χ0) is 10.7. The van der Waals surface area contributed by atoms with Crippen LogP contribution in [-0.4, -0.2) is 24.2 Å². The van der Waals surface area contributed by atoms with Crippen molar-refractivity contribution in [1.29, 1.82) is 0 Å². The van der Waals surface area contributed by atoms with Crippen LogP contribution < -0.4 is 0 Å². The minimum atomic E-state index is -0.899. The van der Waals surface area contributed by atoms with Crippen LogP contribution in [-0.2, 0) is 14.3 Å². The standard InChI is InChI=1S/C4H5IO2.C3H3IO2/c1-7-4(6)2-3-5;4-2-1-3(5)6/h2-3H,1H3;1-2H,(H,5,6)/b3-2+;2-1+. The molecule has 0 amide bonds. The lowest BCUT2D eigenvalue weighted by molar-refractivity contribution is -0.135. The van der Waals surface area contributed by atoms with Crippen LogP contribution >= 0.6 is 45.2 Å². The van der Waals surface area contributed by atoms with Crippen molar-refractivity contribution in [2.24, 2.45) is 0 Å². The molecule has 0 aliphatic rings. The van der Waals surface area contributed by atoms with E-state index in [1.165, 1.54) is 17.3 Å².